The first-order valence-corrected chi connectivity index (χ1v) is 12.4. The highest BCUT2D eigenvalue weighted by molar-refractivity contribution is 7.21. The van der Waals surface area contributed by atoms with Gasteiger partial charge < -0.3 is 26.0 Å². The number of nitrogens with zero attached hydrogens (tertiary/aromatic N) is 4. The molecule has 0 aromatic carbocycles. The molecule has 3 aromatic heterocycles. The predicted octanol–water partition coefficient (Wildman–Crippen LogP) is 2.57. The van der Waals surface area contributed by atoms with Crippen LogP contribution in [0.15, 0.2) is 18.5 Å². The number of aliphatic hydroxyl groups excluding tert-OH is 3. The Kier molecular flexibility index (Phi) is 6.17. The summed E-state index contributed by atoms with van der Waals surface area (Å²) in [5, 5.41) is 37.9. The Bertz CT molecular complexity index is 1140. The Morgan fingerprint density at radius 2 is 2.00 bits per heavy atom. The molecule has 10 heteroatoms. The highest BCUT2D eigenvalue weighted by atomic mass is 32.1. The number of fused-ring (bicyclic) bond motifs is 1. The molecule has 3 heterocycles. The SMILES string of the molecule is Cc1nccc2sc(-c3cnc(N[C@H](C)C4CCC4)nc3N[C@@H]3C[C@H](CO)[C@@H](O)[C@H]3O)nc12. The summed E-state index contributed by atoms with van der Waals surface area (Å²) < 4.78 is 1.03. The molecule has 0 amide bonds. The van der Waals surface area contributed by atoms with Gasteiger partial charge in [-0.15, -0.1) is 11.3 Å². The summed E-state index contributed by atoms with van der Waals surface area (Å²) in [6, 6.07) is 1.77. The lowest BCUT2D eigenvalue weighted by atomic mass is 9.80. The number of hydrogen-bond acceptors (Lipinski definition) is 10. The van der Waals surface area contributed by atoms with Crippen molar-refractivity contribution < 1.29 is 15.3 Å². The summed E-state index contributed by atoms with van der Waals surface area (Å²) in [4.78, 5) is 18.4. The quantitative estimate of drug-likeness (QED) is 0.353. The standard InChI is InChI=1S/C23H30N6O3S/c1-11(13-4-3-5-13)26-23-25-9-15(22-28-18-12(2)24-7-6-17(18)33-22)21(29-23)27-16-8-14(10-30)19(31)20(16)32/h6-7,9,11,13-14,16,19-20,30-32H,3-5,8,10H2,1-2H3,(H2,25,26,27,29)/t11-,14-,16-,19-,20+/m1/s1. The van der Waals surface area contributed by atoms with Crippen LogP contribution in [0.2, 0.25) is 0 Å². The van der Waals surface area contributed by atoms with Crippen molar-refractivity contribution in [3.05, 3.63) is 24.2 Å². The number of hydrogen-bond donors (Lipinski definition) is 5. The summed E-state index contributed by atoms with van der Waals surface area (Å²) >= 11 is 1.54. The molecule has 0 spiro atoms. The zero-order valence-corrected chi connectivity index (χ0v) is 19.6. The molecule has 2 fully saturated rings. The van der Waals surface area contributed by atoms with Gasteiger partial charge in [0.05, 0.1) is 28.1 Å². The molecule has 9 nitrogen and oxygen atoms in total. The van der Waals surface area contributed by atoms with Gasteiger partial charge in [-0.25, -0.2) is 9.97 Å². The third-order valence-electron chi connectivity index (χ3n) is 7.08. The Labute approximate surface area is 196 Å². The van der Waals surface area contributed by atoms with Crippen LogP contribution < -0.4 is 10.6 Å². The van der Waals surface area contributed by atoms with Crippen LogP contribution in [-0.2, 0) is 0 Å². The Balaban J connectivity index is 1.49. The summed E-state index contributed by atoms with van der Waals surface area (Å²) in [5.74, 6) is 1.32. The maximum atomic E-state index is 10.6. The molecule has 0 bridgehead atoms. The maximum Gasteiger partial charge on any atom is 0.224 e. The highest BCUT2D eigenvalue weighted by Crippen LogP contribution is 2.37. The van der Waals surface area contributed by atoms with Crippen molar-refractivity contribution >= 4 is 33.3 Å². The second-order valence-corrected chi connectivity index (χ2v) is 10.3. The summed E-state index contributed by atoms with van der Waals surface area (Å²) in [7, 11) is 0. The summed E-state index contributed by atoms with van der Waals surface area (Å²) in [6.07, 6.45) is 5.68. The van der Waals surface area contributed by atoms with Gasteiger partial charge in [0.25, 0.3) is 0 Å². The number of anilines is 2. The number of aryl methyl sites for hydroxylation is 1. The van der Waals surface area contributed by atoms with Gasteiger partial charge in [0.1, 0.15) is 22.4 Å². The molecule has 2 aliphatic rings. The Morgan fingerprint density at radius 1 is 1.18 bits per heavy atom. The molecule has 2 aliphatic carbocycles. The van der Waals surface area contributed by atoms with Crippen molar-refractivity contribution in [3.63, 3.8) is 0 Å². The number of thiazole rings is 1. The lowest BCUT2D eigenvalue weighted by Gasteiger charge is -2.32. The topological polar surface area (TPSA) is 136 Å². The Morgan fingerprint density at radius 3 is 2.67 bits per heavy atom. The van der Waals surface area contributed by atoms with Crippen molar-refractivity contribution in [2.75, 3.05) is 17.2 Å². The average molecular weight is 471 g/mol. The molecule has 0 aliphatic heterocycles. The Hall–Kier alpha value is -2.40. The summed E-state index contributed by atoms with van der Waals surface area (Å²) in [6.45, 7) is 3.91. The lowest BCUT2D eigenvalue weighted by molar-refractivity contribution is 0.00446. The van der Waals surface area contributed by atoms with Crippen molar-refractivity contribution in [1.29, 1.82) is 0 Å². The molecule has 33 heavy (non-hydrogen) atoms. The minimum atomic E-state index is -1.00. The third-order valence-corrected chi connectivity index (χ3v) is 8.14. The highest BCUT2D eigenvalue weighted by Gasteiger charge is 2.41. The van der Waals surface area contributed by atoms with Crippen molar-refractivity contribution in [2.45, 2.75) is 63.8 Å². The largest absolute Gasteiger partial charge is 0.396 e. The minimum absolute atomic E-state index is 0.178. The van der Waals surface area contributed by atoms with Crippen LogP contribution in [0.25, 0.3) is 20.8 Å². The van der Waals surface area contributed by atoms with E-state index in [0.717, 1.165) is 26.5 Å². The molecule has 5 N–H and O–H groups in total. The summed E-state index contributed by atoms with van der Waals surface area (Å²) in [5.41, 5.74) is 2.44. The van der Waals surface area contributed by atoms with E-state index in [9.17, 15) is 15.3 Å². The van der Waals surface area contributed by atoms with Gasteiger partial charge in [-0.05, 0) is 45.1 Å². The molecule has 5 rings (SSSR count). The maximum absolute atomic E-state index is 10.6. The first kappa shape index (κ1) is 22.4. The second kappa shape index (κ2) is 9.09. The molecule has 3 aromatic rings. The molecule has 0 saturated heterocycles. The van der Waals surface area contributed by atoms with Crippen molar-refractivity contribution in [2.24, 2.45) is 11.8 Å². The normalized spacial score (nSPS) is 26.3. The van der Waals surface area contributed by atoms with E-state index in [-0.39, 0.29) is 18.6 Å². The van der Waals surface area contributed by atoms with Crippen molar-refractivity contribution in [1.82, 2.24) is 19.9 Å². The molecular weight excluding hydrogens is 440 g/mol. The van der Waals surface area contributed by atoms with E-state index in [0.29, 0.717) is 24.1 Å². The van der Waals surface area contributed by atoms with Gasteiger partial charge in [-0.3, -0.25) is 4.98 Å². The van der Waals surface area contributed by atoms with E-state index < -0.39 is 18.2 Å². The van der Waals surface area contributed by atoms with E-state index in [2.05, 4.69) is 27.5 Å². The van der Waals surface area contributed by atoms with Crippen LogP contribution in [0.3, 0.4) is 0 Å². The predicted molar refractivity (Wildman–Crippen MR) is 128 cm³/mol. The van der Waals surface area contributed by atoms with Crippen LogP contribution >= 0.6 is 11.3 Å². The van der Waals surface area contributed by atoms with Crippen LogP contribution in [0.1, 0.15) is 38.3 Å². The van der Waals surface area contributed by atoms with Gasteiger partial charge in [0.2, 0.25) is 5.95 Å². The van der Waals surface area contributed by atoms with Crippen LogP contribution in [0.5, 0.6) is 0 Å². The first-order chi connectivity index (χ1) is 15.9. The van der Waals surface area contributed by atoms with Gasteiger partial charge in [-0.1, -0.05) is 6.42 Å². The second-order valence-electron chi connectivity index (χ2n) is 9.25. The van der Waals surface area contributed by atoms with Gasteiger partial charge in [0, 0.05) is 31.0 Å². The van der Waals surface area contributed by atoms with E-state index >= 15 is 0 Å². The third kappa shape index (κ3) is 4.28. The van der Waals surface area contributed by atoms with Gasteiger partial charge in [-0.2, -0.15) is 4.98 Å². The fourth-order valence-electron chi connectivity index (χ4n) is 4.70. The van der Waals surface area contributed by atoms with Gasteiger partial charge >= 0.3 is 0 Å². The first-order valence-electron chi connectivity index (χ1n) is 11.5. The zero-order chi connectivity index (χ0) is 23.1. The number of aromatic nitrogens is 4. The number of nitrogens with one attached hydrogen (secondary N) is 2. The average Bonchev–Trinajstić information content (AvgIpc) is 3.30. The number of aliphatic hydroxyl groups is 3. The molecule has 2 saturated carbocycles. The smallest absolute Gasteiger partial charge is 0.224 e. The molecule has 5 atom stereocenters. The van der Waals surface area contributed by atoms with Gasteiger partial charge in [0.15, 0.2) is 0 Å². The van der Waals surface area contributed by atoms with E-state index in [1.54, 1.807) is 12.4 Å². The fraction of sp³-hybridized carbons (Fsp3) is 0.565. The molecule has 176 valence electrons. The lowest BCUT2D eigenvalue weighted by Crippen LogP contribution is -2.36. The molecule has 0 radical (unpaired) electrons. The molecule has 0 unspecified atom stereocenters. The minimum Gasteiger partial charge on any atom is -0.396 e. The van der Waals surface area contributed by atoms with E-state index in [1.807, 2.05) is 13.0 Å². The zero-order valence-electron chi connectivity index (χ0n) is 18.8. The molecular formula is C23H30N6O3S. The van der Waals surface area contributed by atoms with Crippen LogP contribution in [0, 0.1) is 18.8 Å². The monoisotopic (exact) mass is 470 g/mol. The number of rotatable bonds is 7. The fourth-order valence-corrected chi connectivity index (χ4v) is 5.72. The van der Waals surface area contributed by atoms with Crippen LogP contribution in [0.4, 0.5) is 11.8 Å². The van der Waals surface area contributed by atoms with E-state index in [1.165, 1.54) is 30.6 Å². The van der Waals surface area contributed by atoms with Crippen LogP contribution in [-0.4, -0.2) is 66.2 Å². The van der Waals surface area contributed by atoms with Crippen molar-refractivity contribution in [3.8, 4) is 10.6 Å². The number of pyridine rings is 1. The van der Waals surface area contributed by atoms with E-state index in [4.69, 9.17) is 9.97 Å².